The van der Waals surface area contributed by atoms with Crippen LogP contribution in [0.5, 0.6) is 0 Å². The monoisotopic (exact) mass is 159 g/mol. The van der Waals surface area contributed by atoms with Crippen molar-refractivity contribution >= 4 is 0 Å². The maximum Gasteiger partial charge on any atom is 0.208 e. The van der Waals surface area contributed by atoms with Crippen molar-refractivity contribution in [1.82, 2.24) is 0 Å². The first-order valence-electron chi connectivity index (χ1n) is 3.95. The van der Waals surface area contributed by atoms with Crippen molar-refractivity contribution in [2.45, 2.75) is 34.1 Å². The Labute approximate surface area is 67.9 Å². The molecule has 0 aliphatic rings. The molecule has 0 rings (SSSR count). The van der Waals surface area contributed by atoms with Gasteiger partial charge >= 0.3 is 0 Å². The van der Waals surface area contributed by atoms with Crippen LogP contribution in [0.3, 0.4) is 0 Å². The predicted octanol–water partition coefficient (Wildman–Crippen LogP) is 2.34. The highest BCUT2D eigenvalue weighted by Crippen LogP contribution is 2.24. The topological polar surface area (TPSA) is 43.1 Å². The summed E-state index contributed by atoms with van der Waals surface area (Å²) in [5.41, 5.74) is -0.155. The number of nitro groups is 1. The van der Waals surface area contributed by atoms with Crippen LogP contribution in [0.1, 0.15) is 34.1 Å². The molecule has 0 atom stereocenters. The first kappa shape index (κ1) is 10.4. The molecule has 3 nitrogen and oxygen atoms in total. The van der Waals surface area contributed by atoms with Crippen LogP contribution in [0.15, 0.2) is 0 Å². The van der Waals surface area contributed by atoms with Crippen LogP contribution in [0.25, 0.3) is 0 Å². The summed E-state index contributed by atoms with van der Waals surface area (Å²) in [6.07, 6.45) is 0.911. The molecule has 0 unspecified atom stereocenters. The predicted molar refractivity (Wildman–Crippen MR) is 45.1 cm³/mol. The largest absolute Gasteiger partial charge is 0.265 e. The molecule has 0 heterocycles. The summed E-state index contributed by atoms with van der Waals surface area (Å²) in [6, 6.07) is 0. The second-order valence-corrected chi connectivity index (χ2v) is 4.25. The lowest BCUT2D eigenvalue weighted by atomic mass is 9.84. The Morgan fingerprint density at radius 1 is 1.45 bits per heavy atom. The van der Waals surface area contributed by atoms with E-state index in [1.54, 1.807) is 0 Å². The molecule has 0 amide bonds. The average Bonchev–Trinajstić information content (AvgIpc) is 1.53. The Bertz CT molecular complexity index is 141. The smallest absolute Gasteiger partial charge is 0.208 e. The van der Waals surface area contributed by atoms with Gasteiger partial charge in [0.25, 0.3) is 0 Å². The van der Waals surface area contributed by atoms with E-state index in [0.29, 0.717) is 5.92 Å². The number of nitrogens with zero attached hydrogens (tertiary/aromatic N) is 1. The van der Waals surface area contributed by atoms with E-state index in [1.807, 2.05) is 13.8 Å². The first-order valence-corrected chi connectivity index (χ1v) is 3.95. The fourth-order valence-corrected chi connectivity index (χ4v) is 1.52. The summed E-state index contributed by atoms with van der Waals surface area (Å²) in [7, 11) is 0. The van der Waals surface area contributed by atoms with Gasteiger partial charge in [-0.25, -0.2) is 0 Å². The molecule has 0 aromatic heterocycles. The van der Waals surface area contributed by atoms with Gasteiger partial charge in [-0.05, 0) is 12.3 Å². The summed E-state index contributed by atoms with van der Waals surface area (Å²) >= 11 is 0. The van der Waals surface area contributed by atoms with Crippen LogP contribution in [0.4, 0.5) is 0 Å². The van der Waals surface area contributed by atoms with Gasteiger partial charge in [-0.3, -0.25) is 10.1 Å². The summed E-state index contributed by atoms with van der Waals surface area (Å²) in [6.45, 7) is 8.13. The summed E-state index contributed by atoms with van der Waals surface area (Å²) in [5.74, 6) is 0.532. The maximum absolute atomic E-state index is 10.2. The number of hydrogen-bond acceptors (Lipinski definition) is 2. The van der Waals surface area contributed by atoms with Crippen molar-refractivity contribution in [3.05, 3.63) is 10.1 Å². The highest BCUT2D eigenvalue weighted by Gasteiger charge is 2.25. The van der Waals surface area contributed by atoms with Gasteiger partial charge in [0.15, 0.2) is 0 Å². The van der Waals surface area contributed by atoms with E-state index < -0.39 is 0 Å². The highest BCUT2D eigenvalue weighted by atomic mass is 16.6. The third-order valence-electron chi connectivity index (χ3n) is 1.52. The molecule has 66 valence electrons. The fraction of sp³-hybridized carbons (Fsp3) is 1.00. The molecule has 0 aromatic rings. The summed E-state index contributed by atoms with van der Waals surface area (Å²) in [4.78, 5) is 9.97. The van der Waals surface area contributed by atoms with Crippen molar-refractivity contribution < 1.29 is 4.92 Å². The third kappa shape index (κ3) is 5.83. The molecule has 0 saturated heterocycles. The molecule has 11 heavy (non-hydrogen) atoms. The lowest BCUT2D eigenvalue weighted by Crippen LogP contribution is -2.24. The van der Waals surface area contributed by atoms with Crippen LogP contribution in [0.2, 0.25) is 0 Å². The summed E-state index contributed by atoms with van der Waals surface area (Å²) in [5, 5.41) is 10.2. The van der Waals surface area contributed by atoms with E-state index in [2.05, 4.69) is 13.8 Å². The molecule has 0 N–H and O–H groups in total. The molecule has 0 bridgehead atoms. The van der Waals surface area contributed by atoms with Gasteiger partial charge in [0.1, 0.15) is 0 Å². The van der Waals surface area contributed by atoms with Crippen molar-refractivity contribution in [2.75, 3.05) is 6.54 Å². The molecular weight excluding hydrogens is 142 g/mol. The quantitative estimate of drug-likeness (QED) is 0.466. The Hall–Kier alpha value is -0.600. The zero-order chi connectivity index (χ0) is 9.07. The van der Waals surface area contributed by atoms with Crippen LogP contribution in [-0.2, 0) is 0 Å². The molecule has 0 spiro atoms. The molecule has 0 fully saturated rings. The van der Waals surface area contributed by atoms with E-state index in [1.165, 1.54) is 0 Å². The minimum absolute atomic E-state index is 0.0746. The van der Waals surface area contributed by atoms with E-state index in [4.69, 9.17) is 0 Å². The van der Waals surface area contributed by atoms with Crippen molar-refractivity contribution in [3.63, 3.8) is 0 Å². The maximum atomic E-state index is 10.2. The standard InChI is InChI=1S/C8H17NO2/c1-7(2)5-8(3,4)6-9(10)11/h7H,5-6H2,1-4H3. The Kier molecular flexibility index (Phi) is 3.49. The lowest BCUT2D eigenvalue weighted by molar-refractivity contribution is -0.496. The van der Waals surface area contributed by atoms with Gasteiger partial charge < -0.3 is 0 Å². The molecular formula is C8H17NO2. The molecule has 3 heteroatoms. The Morgan fingerprint density at radius 2 is 1.91 bits per heavy atom. The minimum atomic E-state index is -0.234. The van der Waals surface area contributed by atoms with Crippen LogP contribution < -0.4 is 0 Å². The van der Waals surface area contributed by atoms with Gasteiger partial charge in [-0.15, -0.1) is 0 Å². The fourth-order valence-electron chi connectivity index (χ4n) is 1.52. The zero-order valence-corrected chi connectivity index (χ0v) is 7.76. The third-order valence-corrected chi connectivity index (χ3v) is 1.52. The van der Waals surface area contributed by atoms with E-state index in [-0.39, 0.29) is 16.9 Å². The number of rotatable bonds is 4. The highest BCUT2D eigenvalue weighted by molar-refractivity contribution is 4.68. The number of hydrogen-bond donors (Lipinski definition) is 0. The normalized spacial score (nSPS) is 12.1. The van der Waals surface area contributed by atoms with Crippen molar-refractivity contribution in [3.8, 4) is 0 Å². The van der Waals surface area contributed by atoms with Gasteiger partial charge in [0.05, 0.1) is 0 Å². The van der Waals surface area contributed by atoms with Crippen LogP contribution >= 0.6 is 0 Å². The van der Waals surface area contributed by atoms with Gasteiger partial charge in [0, 0.05) is 10.3 Å². The van der Waals surface area contributed by atoms with Crippen LogP contribution in [-0.4, -0.2) is 11.5 Å². The molecule has 0 aliphatic carbocycles. The van der Waals surface area contributed by atoms with Crippen molar-refractivity contribution in [2.24, 2.45) is 11.3 Å². The SMILES string of the molecule is CC(C)CC(C)(C)C[N+](=O)[O-]. The lowest BCUT2D eigenvalue weighted by Gasteiger charge is -2.21. The zero-order valence-electron chi connectivity index (χ0n) is 7.76. The van der Waals surface area contributed by atoms with Gasteiger partial charge in [-0.2, -0.15) is 0 Å². The average molecular weight is 159 g/mol. The van der Waals surface area contributed by atoms with Gasteiger partial charge in [0.2, 0.25) is 6.54 Å². The van der Waals surface area contributed by atoms with E-state index in [0.717, 1.165) is 6.42 Å². The second kappa shape index (κ2) is 3.69. The van der Waals surface area contributed by atoms with Crippen LogP contribution in [0, 0.1) is 21.4 Å². The van der Waals surface area contributed by atoms with E-state index in [9.17, 15) is 10.1 Å². The molecule has 0 aromatic carbocycles. The Balaban J connectivity index is 3.89. The molecule has 0 radical (unpaired) electrons. The minimum Gasteiger partial charge on any atom is -0.265 e. The van der Waals surface area contributed by atoms with E-state index >= 15 is 0 Å². The van der Waals surface area contributed by atoms with Gasteiger partial charge in [-0.1, -0.05) is 27.7 Å². The first-order chi connectivity index (χ1) is 4.83. The Morgan fingerprint density at radius 3 is 2.18 bits per heavy atom. The van der Waals surface area contributed by atoms with Crippen molar-refractivity contribution in [1.29, 1.82) is 0 Å². The molecule has 0 aliphatic heterocycles. The summed E-state index contributed by atoms with van der Waals surface area (Å²) < 4.78 is 0. The second-order valence-electron chi connectivity index (χ2n) is 4.25. The molecule has 0 saturated carbocycles.